The molecule has 104 valence electrons. The van der Waals surface area contributed by atoms with Crippen molar-refractivity contribution in [3.05, 3.63) is 52.7 Å². The maximum absolute atomic E-state index is 6.20. The van der Waals surface area contributed by atoms with Gasteiger partial charge in [-0.1, -0.05) is 29.8 Å². The van der Waals surface area contributed by atoms with Gasteiger partial charge in [-0.2, -0.15) is 0 Å². The van der Waals surface area contributed by atoms with E-state index in [4.69, 9.17) is 16.6 Å². The molecule has 3 nitrogen and oxygen atoms in total. The van der Waals surface area contributed by atoms with Crippen LogP contribution in [-0.4, -0.2) is 18.1 Å². The van der Waals surface area contributed by atoms with E-state index in [0.717, 1.165) is 17.9 Å². The Hall–Kier alpha value is -1.58. The van der Waals surface area contributed by atoms with Gasteiger partial charge in [0, 0.05) is 18.3 Å². The fraction of sp³-hybridized carbons (Fsp3) is 0.312. The lowest BCUT2D eigenvalue weighted by Crippen LogP contribution is -2.25. The summed E-state index contributed by atoms with van der Waals surface area (Å²) in [6.45, 7) is 2.91. The van der Waals surface area contributed by atoms with Crippen LogP contribution in [0.2, 0.25) is 5.02 Å². The zero-order valence-electron chi connectivity index (χ0n) is 11.7. The standard InChI is InChI=1S/C16H18ClN3/c1-11-9-12-5-3-4-6-15(12)20(11)16-8-7-13(17)14(19-16)10-18-2/h3-8,11,18H,9-10H2,1-2H3. The van der Waals surface area contributed by atoms with Crippen LogP contribution in [0.5, 0.6) is 0 Å². The van der Waals surface area contributed by atoms with E-state index in [2.05, 4.69) is 41.4 Å². The van der Waals surface area contributed by atoms with Crippen molar-refractivity contribution in [3.8, 4) is 0 Å². The molecule has 0 bridgehead atoms. The molecular formula is C16H18ClN3. The molecule has 1 aliphatic heterocycles. The highest BCUT2D eigenvalue weighted by Crippen LogP contribution is 2.37. The molecule has 3 rings (SSSR count). The Labute approximate surface area is 124 Å². The minimum absolute atomic E-state index is 0.420. The maximum atomic E-state index is 6.20. The first-order chi connectivity index (χ1) is 9.70. The molecule has 0 amide bonds. The van der Waals surface area contributed by atoms with E-state index in [1.807, 2.05) is 19.2 Å². The number of nitrogens with zero attached hydrogens (tertiary/aromatic N) is 2. The summed E-state index contributed by atoms with van der Waals surface area (Å²) in [4.78, 5) is 7.02. The minimum atomic E-state index is 0.420. The zero-order chi connectivity index (χ0) is 14.1. The Balaban J connectivity index is 2.03. The fourth-order valence-electron chi connectivity index (χ4n) is 2.81. The summed E-state index contributed by atoms with van der Waals surface area (Å²) in [7, 11) is 1.90. The van der Waals surface area contributed by atoms with Gasteiger partial charge >= 0.3 is 0 Å². The summed E-state index contributed by atoms with van der Waals surface area (Å²) in [5.41, 5.74) is 3.53. The number of halogens is 1. The molecule has 2 heterocycles. The van der Waals surface area contributed by atoms with Gasteiger partial charge in [0.2, 0.25) is 0 Å². The predicted octanol–water partition coefficient (Wildman–Crippen LogP) is 3.54. The second-order valence-corrected chi connectivity index (χ2v) is 5.59. The number of hydrogen-bond acceptors (Lipinski definition) is 3. The summed E-state index contributed by atoms with van der Waals surface area (Å²) in [5, 5.41) is 3.82. The van der Waals surface area contributed by atoms with Crippen molar-refractivity contribution in [1.82, 2.24) is 10.3 Å². The van der Waals surface area contributed by atoms with Gasteiger partial charge in [-0.3, -0.25) is 0 Å². The summed E-state index contributed by atoms with van der Waals surface area (Å²) in [5.74, 6) is 0.970. The van der Waals surface area contributed by atoms with Crippen LogP contribution < -0.4 is 10.2 Å². The van der Waals surface area contributed by atoms with Gasteiger partial charge in [-0.05, 0) is 44.2 Å². The number of nitrogens with one attached hydrogen (secondary N) is 1. The number of aromatic nitrogens is 1. The lowest BCUT2D eigenvalue weighted by atomic mass is 10.1. The van der Waals surface area contributed by atoms with Crippen molar-refractivity contribution >= 4 is 23.1 Å². The van der Waals surface area contributed by atoms with Crippen LogP contribution in [-0.2, 0) is 13.0 Å². The number of pyridine rings is 1. The molecule has 0 saturated heterocycles. The summed E-state index contributed by atoms with van der Waals surface area (Å²) >= 11 is 6.20. The monoisotopic (exact) mass is 287 g/mol. The fourth-order valence-corrected chi connectivity index (χ4v) is 2.99. The Morgan fingerprint density at radius 3 is 2.90 bits per heavy atom. The SMILES string of the molecule is CNCc1nc(N2c3ccccc3CC2C)ccc1Cl. The highest BCUT2D eigenvalue weighted by Gasteiger charge is 2.27. The minimum Gasteiger partial charge on any atom is -0.323 e. The summed E-state index contributed by atoms with van der Waals surface area (Å²) in [6, 6.07) is 12.9. The molecule has 0 saturated carbocycles. The van der Waals surface area contributed by atoms with Gasteiger partial charge in [0.1, 0.15) is 5.82 Å². The normalized spacial score (nSPS) is 17.4. The first-order valence-corrected chi connectivity index (χ1v) is 7.25. The first-order valence-electron chi connectivity index (χ1n) is 6.88. The third kappa shape index (κ3) is 2.28. The van der Waals surface area contributed by atoms with Crippen LogP contribution in [0.1, 0.15) is 18.2 Å². The topological polar surface area (TPSA) is 28.2 Å². The van der Waals surface area contributed by atoms with Gasteiger partial charge in [-0.15, -0.1) is 0 Å². The molecule has 0 spiro atoms. The predicted molar refractivity (Wildman–Crippen MR) is 83.8 cm³/mol. The number of fused-ring (bicyclic) bond motifs is 1. The summed E-state index contributed by atoms with van der Waals surface area (Å²) < 4.78 is 0. The highest BCUT2D eigenvalue weighted by atomic mass is 35.5. The van der Waals surface area contributed by atoms with E-state index in [-0.39, 0.29) is 0 Å². The first kappa shape index (κ1) is 13.4. The largest absolute Gasteiger partial charge is 0.323 e. The van der Waals surface area contributed by atoms with Crippen molar-refractivity contribution in [3.63, 3.8) is 0 Å². The molecule has 0 aliphatic carbocycles. The number of rotatable bonds is 3. The zero-order valence-corrected chi connectivity index (χ0v) is 12.5. The van der Waals surface area contributed by atoms with E-state index in [9.17, 15) is 0 Å². The molecular weight excluding hydrogens is 270 g/mol. The second kappa shape index (κ2) is 5.43. The van der Waals surface area contributed by atoms with Crippen molar-refractivity contribution in [1.29, 1.82) is 0 Å². The van der Waals surface area contributed by atoms with Crippen molar-refractivity contribution in [2.75, 3.05) is 11.9 Å². The van der Waals surface area contributed by atoms with Crippen LogP contribution in [0.3, 0.4) is 0 Å². The third-order valence-corrected chi connectivity index (χ3v) is 4.05. The molecule has 20 heavy (non-hydrogen) atoms. The van der Waals surface area contributed by atoms with E-state index >= 15 is 0 Å². The Bertz CT molecular complexity index is 627. The number of hydrogen-bond donors (Lipinski definition) is 1. The highest BCUT2D eigenvalue weighted by molar-refractivity contribution is 6.31. The average Bonchev–Trinajstić information content (AvgIpc) is 2.77. The van der Waals surface area contributed by atoms with Crippen LogP contribution in [0.25, 0.3) is 0 Å². The van der Waals surface area contributed by atoms with Gasteiger partial charge in [0.05, 0.1) is 10.7 Å². The molecule has 4 heteroatoms. The molecule has 1 aromatic carbocycles. The Kier molecular flexibility index (Phi) is 3.64. The molecule has 1 aliphatic rings. The van der Waals surface area contributed by atoms with Gasteiger partial charge in [0.25, 0.3) is 0 Å². The van der Waals surface area contributed by atoms with E-state index in [0.29, 0.717) is 17.6 Å². The van der Waals surface area contributed by atoms with E-state index in [1.165, 1.54) is 11.3 Å². The van der Waals surface area contributed by atoms with Crippen molar-refractivity contribution < 1.29 is 0 Å². The van der Waals surface area contributed by atoms with Crippen LogP contribution in [0.4, 0.5) is 11.5 Å². The molecule has 1 unspecified atom stereocenters. The smallest absolute Gasteiger partial charge is 0.133 e. The van der Waals surface area contributed by atoms with E-state index < -0.39 is 0 Å². The lowest BCUT2D eigenvalue weighted by molar-refractivity contribution is 0.740. The summed E-state index contributed by atoms with van der Waals surface area (Å²) in [6.07, 6.45) is 1.06. The molecule has 1 N–H and O–H groups in total. The molecule has 0 fully saturated rings. The number of para-hydroxylation sites is 1. The molecule has 1 atom stereocenters. The quantitative estimate of drug-likeness (QED) is 0.936. The Morgan fingerprint density at radius 2 is 2.10 bits per heavy atom. The number of anilines is 2. The molecule has 1 aromatic heterocycles. The van der Waals surface area contributed by atoms with Crippen LogP contribution in [0, 0.1) is 0 Å². The van der Waals surface area contributed by atoms with Crippen molar-refractivity contribution in [2.24, 2.45) is 0 Å². The number of benzene rings is 1. The average molecular weight is 288 g/mol. The van der Waals surface area contributed by atoms with Crippen molar-refractivity contribution in [2.45, 2.75) is 25.9 Å². The second-order valence-electron chi connectivity index (χ2n) is 5.18. The van der Waals surface area contributed by atoms with E-state index in [1.54, 1.807) is 0 Å². The van der Waals surface area contributed by atoms with Gasteiger partial charge in [0.15, 0.2) is 0 Å². The molecule has 0 radical (unpaired) electrons. The van der Waals surface area contributed by atoms with Crippen LogP contribution >= 0.6 is 11.6 Å². The van der Waals surface area contributed by atoms with Crippen LogP contribution in [0.15, 0.2) is 36.4 Å². The Morgan fingerprint density at radius 1 is 1.30 bits per heavy atom. The van der Waals surface area contributed by atoms with Gasteiger partial charge < -0.3 is 10.2 Å². The molecule has 2 aromatic rings. The lowest BCUT2D eigenvalue weighted by Gasteiger charge is -2.24. The van der Waals surface area contributed by atoms with Gasteiger partial charge in [-0.25, -0.2) is 4.98 Å². The third-order valence-electron chi connectivity index (χ3n) is 3.70. The maximum Gasteiger partial charge on any atom is 0.133 e.